The van der Waals surface area contributed by atoms with Gasteiger partial charge < -0.3 is 9.32 Å². The number of hydrogen-bond acceptors (Lipinski definition) is 2. The van der Waals surface area contributed by atoms with E-state index in [-0.39, 0.29) is 18.5 Å². The standard InChI is InChI=1S/C18H17F2NO2/c1-12-2-7-16(23-12)8-9-18(22)21(15-5-6-15)11-13-3-4-14(19)10-17(13)20/h2-4,7-10,15H,5-6,11H2,1H3/b9-8+. The minimum absolute atomic E-state index is 0.120. The molecule has 3 rings (SSSR count). The van der Waals surface area contributed by atoms with Gasteiger partial charge in [0.25, 0.3) is 0 Å². The molecule has 0 spiro atoms. The molecular weight excluding hydrogens is 300 g/mol. The van der Waals surface area contributed by atoms with Gasteiger partial charge in [-0.05, 0) is 44.0 Å². The highest BCUT2D eigenvalue weighted by molar-refractivity contribution is 5.91. The van der Waals surface area contributed by atoms with E-state index in [4.69, 9.17) is 4.42 Å². The summed E-state index contributed by atoms with van der Waals surface area (Å²) in [5.41, 5.74) is 0.314. The van der Waals surface area contributed by atoms with Gasteiger partial charge in [-0.3, -0.25) is 4.79 Å². The van der Waals surface area contributed by atoms with Crippen LogP contribution < -0.4 is 0 Å². The topological polar surface area (TPSA) is 33.5 Å². The molecule has 0 atom stereocenters. The highest BCUT2D eigenvalue weighted by Crippen LogP contribution is 2.29. The Morgan fingerprint density at radius 2 is 2.09 bits per heavy atom. The number of amides is 1. The molecule has 2 aromatic rings. The summed E-state index contributed by atoms with van der Waals surface area (Å²) < 4.78 is 32.2. The Morgan fingerprint density at radius 3 is 2.70 bits per heavy atom. The number of furan rings is 1. The third kappa shape index (κ3) is 3.86. The Labute approximate surface area is 133 Å². The molecule has 0 aliphatic heterocycles. The lowest BCUT2D eigenvalue weighted by Crippen LogP contribution is -2.31. The Bertz CT molecular complexity index is 747. The van der Waals surface area contributed by atoms with Crippen LogP contribution in [0.2, 0.25) is 0 Å². The van der Waals surface area contributed by atoms with Gasteiger partial charge in [-0.15, -0.1) is 0 Å². The zero-order valence-corrected chi connectivity index (χ0v) is 12.8. The van der Waals surface area contributed by atoms with Crippen LogP contribution in [0.15, 0.2) is 40.8 Å². The molecule has 0 saturated heterocycles. The van der Waals surface area contributed by atoms with Gasteiger partial charge in [-0.2, -0.15) is 0 Å². The van der Waals surface area contributed by atoms with Crippen LogP contribution in [0.3, 0.4) is 0 Å². The summed E-state index contributed by atoms with van der Waals surface area (Å²) in [6, 6.07) is 7.14. The molecule has 1 aliphatic rings. The van der Waals surface area contributed by atoms with Crippen molar-refractivity contribution in [3.8, 4) is 0 Å². The van der Waals surface area contributed by atoms with E-state index < -0.39 is 11.6 Å². The first-order valence-corrected chi connectivity index (χ1v) is 7.52. The molecule has 1 saturated carbocycles. The average Bonchev–Trinajstić information content (AvgIpc) is 3.26. The Balaban J connectivity index is 1.73. The number of carbonyl (C=O) groups excluding carboxylic acids is 1. The minimum Gasteiger partial charge on any atom is -0.462 e. The van der Waals surface area contributed by atoms with Gasteiger partial charge >= 0.3 is 0 Å². The highest BCUT2D eigenvalue weighted by atomic mass is 19.1. The summed E-state index contributed by atoms with van der Waals surface area (Å²) in [5.74, 6) is -0.0907. The van der Waals surface area contributed by atoms with Crippen molar-refractivity contribution in [2.45, 2.75) is 32.4 Å². The van der Waals surface area contributed by atoms with Gasteiger partial charge in [0.1, 0.15) is 23.2 Å². The third-order valence-electron chi connectivity index (χ3n) is 3.78. The van der Waals surface area contributed by atoms with Crippen molar-refractivity contribution in [3.05, 3.63) is 65.1 Å². The number of rotatable bonds is 5. The first-order chi connectivity index (χ1) is 11.0. The fourth-order valence-electron chi connectivity index (χ4n) is 2.40. The van der Waals surface area contributed by atoms with Crippen molar-refractivity contribution >= 4 is 12.0 Å². The average molecular weight is 317 g/mol. The van der Waals surface area contributed by atoms with Gasteiger partial charge in [0.2, 0.25) is 5.91 Å². The van der Waals surface area contributed by atoms with E-state index in [0.717, 1.165) is 24.7 Å². The van der Waals surface area contributed by atoms with Gasteiger partial charge in [-0.1, -0.05) is 6.07 Å². The lowest BCUT2D eigenvalue weighted by Gasteiger charge is -2.21. The second-order valence-corrected chi connectivity index (χ2v) is 5.71. The number of hydrogen-bond donors (Lipinski definition) is 0. The minimum atomic E-state index is -0.630. The van der Waals surface area contributed by atoms with Crippen LogP contribution in [0.1, 0.15) is 29.9 Å². The first kappa shape index (κ1) is 15.5. The summed E-state index contributed by atoms with van der Waals surface area (Å²) in [6.07, 6.45) is 4.84. The smallest absolute Gasteiger partial charge is 0.247 e. The third-order valence-corrected chi connectivity index (χ3v) is 3.78. The van der Waals surface area contributed by atoms with E-state index in [1.165, 1.54) is 18.2 Å². The molecule has 0 unspecified atom stereocenters. The van der Waals surface area contributed by atoms with Gasteiger partial charge in [0.15, 0.2) is 0 Å². The maximum Gasteiger partial charge on any atom is 0.247 e. The van der Waals surface area contributed by atoms with E-state index >= 15 is 0 Å². The second-order valence-electron chi connectivity index (χ2n) is 5.71. The van der Waals surface area contributed by atoms with Crippen molar-refractivity contribution in [2.75, 3.05) is 0 Å². The summed E-state index contributed by atoms with van der Waals surface area (Å²) >= 11 is 0. The molecule has 5 heteroatoms. The number of aryl methyl sites for hydroxylation is 1. The molecule has 1 amide bonds. The van der Waals surface area contributed by atoms with Crippen LogP contribution in [0.4, 0.5) is 8.78 Å². The normalized spacial score (nSPS) is 14.4. The van der Waals surface area contributed by atoms with Crippen LogP contribution in [-0.2, 0) is 11.3 Å². The zero-order chi connectivity index (χ0) is 16.4. The monoisotopic (exact) mass is 317 g/mol. The number of benzene rings is 1. The second kappa shape index (κ2) is 6.36. The van der Waals surface area contributed by atoms with Crippen LogP contribution >= 0.6 is 0 Å². The van der Waals surface area contributed by atoms with Gasteiger partial charge in [0, 0.05) is 30.3 Å². The van der Waals surface area contributed by atoms with Gasteiger partial charge in [0.05, 0.1) is 0 Å². The van der Waals surface area contributed by atoms with Crippen LogP contribution in [0.25, 0.3) is 6.08 Å². The molecular formula is C18H17F2NO2. The molecule has 1 aliphatic carbocycles. The van der Waals surface area contributed by atoms with Crippen LogP contribution in [-0.4, -0.2) is 16.8 Å². The molecule has 3 nitrogen and oxygen atoms in total. The quantitative estimate of drug-likeness (QED) is 0.779. The Kier molecular flexibility index (Phi) is 4.28. The van der Waals surface area contributed by atoms with Crippen molar-refractivity contribution in [1.29, 1.82) is 0 Å². The molecule has 23 heavy (non-hydrogen) atoms. The van der Waals surface area contributed by atoms with Crippen molar-refractivity contribution in [2.24, 2.45) is 0 Å². The van der Waals surface area contributed by atoms with E-state index in [1.807, 2.05) is 13.0 Å². The van der Waals surface area contributed by atoms with Crippen molar-refractivity contribution in [1.82, 2.24) is 4.90 Å². The van der Waals surface area contributed by atoms with Crippen molar-refractivity contribution < 1.29 is 18.0 Å². The molecule has 0 N–H and O–H groups in total. The maximum atomic E-state index is 13.8. The summed E-state index contributed by atoms with van der Waals surface area (Å²) in [4.78, 5) is 14.0. The number of nitrogens with zero attached hydrogens (tertiary/aromatic N) is 1. The Hall–Kier alpha value is -2.43. The predicted molar refractivity (Wildman–Crippen MR) is 82.4 cm³/mol. The highest BCUT2D eigenvalue weighted by Gasteiger charge is 2.32. The van der Waals surface area contributed by atoms with E-state index in [0.29, 0.717) is 11.3 Å². The summed E-state index contributed by atoms with van der Waals surface area (Å²) in [5, 5.41) is 0. The first-order valence-electron chi connectivity index (χ1n) is 7.52. The maximum absolute atomic E-state index is 13.8. The molecule has 1 aromatic carbocycles. The summed E-state index contributed by atoms with van der Waals surface area (Å²) in [6.45, 7) is 1.96. The lowest BCUT2D eigenvalue weighted by molar-refractivity contribution is -0.127. The fourth-order valence-corrected chi connectivity index (χ4v) is 2.40. The molecule has 1 aromatic heterocycles. The van der Waals surface area contributed by atoms with Crippen LogP contribution in [0, 0.1) is 18.6 Å². The van der Waals surface area contributed by atoms with Gasteiger partial charge in [-0.25, -0.2) is 8.78 Å². The molecule has 0 radical (unpaired) electrons. The van der Waals surface area contributed by atoms with E-state index in [2.05, 4.69) is 0 Å². The SMILES string of the molecule is Cc1ccc(/C=C/C(=O)N(Cc2ccc(F)cc2F)C2CC2)o1. The molecule has 1 fully saturated rings. The van der Waals surface area contributed by atoms with E-state index in [1.54, 1.807) is 17.0 Å². The number of carbonyl (C=O) groups is 1. The van der Waals surface area contributed by atoms with Crippen LogP contribution in [0.5, 0.6) is 0 Å². The lowest BCUT2D eigenvalue weighted by atomic mass is 10.2. The number of halogens is 2. The Morgan fingerprint density at radius 1 is 1.30 bits per heavy atom. The van der Waals surface area contributed by atoms with E-state index in [9.17, 15) is 13.6 Å². The molecule has 1 heterocycles. The van der Waals surface area contributed by atoms with Crippen molar-refractivity contribution in [3.63, 3.8) is 0 Å². The predicted octanol–water partition coefficient (Wildman–Crippen LogP) is 4.07. The molecule has 120 valence electrons. The zero-order valence-electron chi connectivity index (χ0n) is 12.8. The summed E-state index contributed by atoms with van der Waals surface area (Å²) in [7, 11) is 0. The molecule has 0 bridgehead atoms. The fraction of sp³-hybridized carbons (Fsp3) is 0.278. The largest absolute Gasteiger partial charge is 0.462 e.